The number of nitrogens with one attached hydrogen (secondary N) is 1. The van der Waals surface area contributed by atoms with Gasteiger partial charge in [-0.3, -0.25) is 14.7 Å². The Balaban J connectivity index is 1.33. The Labute approximate surface area is 199 Å². The van der Waals surface area contributed by atoms with Crippen LogP contribution >= 0.6 is 11.6 Å². The second-order valence-electron chi connectivity index (χ2n) is 8.65. The smallest absolute Gasteiger partial charge is 0.255 e. The molecule has 0 atom stereocenters. The van der Waals surface area contributed by atoms with Crippen molar-refractivity contribution in [2.45, 2.75) is 26.3 Å². The number of likely N-dealkylation sites (tertiary alicyclic amines) is 1. The van der Waals surface area contributed by atoms with E-state index in [2.05, 4.69) is 16.3 Å². The van der Waals surface area contributed by atoms with Gasteiger partial charge in [0.25, 0.3) is 5.91 Å². The number of fused-ring (bicyclic) bond motifs is 1. The lowest BCUT2D eigenvalue weighted by Gasteiger charge is -2.15. The standard InChI is InChI=1S/C28H26ClN3O/c1-19-26(13-12-23-16-20(17-30-27(19)23)18-32-14-4-5-15-32)31-28(33)22-10-8-21(9-11-22)24-6-2-3-7-25(24)29/h2-3,6-13,16-17H,4-5,14-15,18H2,1H3,(H,31,33). The van der Waals surface area contributed by atoms with E-state index in [1.807, 2.05) is 73.8 Å². The van der Waals surface area contributed by atoms with Crippen molar-refractivity contribution in [3.8, 4) is 11.1 Å². The van der Waals surface area contributed by atoms with E-state index in [1.54, 1.807) is 0 Å². The van der Waals surface area contributed by atoms with Crippen LogP contribution in [0, 0.1) is 6.92 Å². The fraction of sp³-hybridized carbons (Fsp3) is 0.214. The van der Waals surface area contributed by atoms with Crippen molar-refractivity contribution in [1.82, 2.24) is 9.88 Å². The van der Waals surface area contributed by atoms with Crippen LogP contribution in [0.15, 0.2) is 72.9 Å². The third-order valence-corrected chi connectivity index (χ3v) is 6.68. The number of pyridine rings is 1. The van der Waals surface area contributed by atoms with Gasteiger partial charge in [-0.05, 0) is 79.9 Å². The molecule has 1 saturated heterocycles. The minimum atomic E-state index is -0.145. The Bertz CT molecular complexity index is 1310. The van der Waals surface area contributed by atoms with Gasteiger partial charge in [-0.1, -0.05) is 48.0 Å². The second kappa shape index (κ2) is 9.34. The maximum absolute atomic E-state index is 12.9. The van der Waals surface area contributed by atoms with Gasteiger partial charge in [0.2, 0.25) is 0 Å². The highest BCUT2D eigenvalue weighted by molar-refractivity contribution is 6.33. The largest absolute Gasteiger partial charge is 0.322 e. The molecule has 1 aliphatic rings. The van der Waals surface area contributed by atoms with Crippen molar-refractivity contribution in [3.05, 3.63) is 94.6 Å². The number of hydrogen-bond acceptors (Lipinski definition) is 3. The minimum Gasteiger partial charge on any atom is -0.322 e. The first-order chi connectivity index (χ1) is 16.1. The highest BCUT2D eigenvalue weighted by Crippen LogP contribution is 2.29. The summed E-state index contributed by atoms with van der Waals surface area (Å²) in [7, 11) is 0. The number of nitrogens with zero attached hydrogens (tertiary/aromatic N) is 2. The Morgan fingerprint density at radius 3 is 2.55 bits per heavy atom. The predicted octanol–water partition coefficient (Wildman–Crippen LogP) is 6.71. The van der Waals surface area contributed by atoms with Gasteiger partial charge < -0.3 is 5.32 Å². The minimum absolute atomic E-state index is 0.145. The van der Waals surface area contributed by atoms with Crippen LogP contribution in [0.25, 0.3) is 22.0 Å². The SMILES string of the molecule is Cc1c(NC(=O)c2ccc(-c3ccccc3Cl)cc2)ccc2cc(CN3CCCC3)cnc12. The summed E-state index contributed by atoms with van der Waals surface area (Å²) in [4.78, 5) is 20.1. The summed E-state index contributed by atoms with van der Waals surface area (Å²) >= 11 is 6.30. The van der Waals surface area contributed by atoms with Gasteiger partial charge in [0.1, 0.15) is 0 Å². The molecule has 2 heterocycles. The third kappa shape index (κ3) is 4.63. The number of halogens is 1. The van der Waals surface area contributed by atoms with E-state index in [4.69, 9.17) is 16.6 Å². The summed E-state index contributed by atoms with van der Waals surface area (Å²) in [5, 5.41) is 4.84. The maximum atomic E-state index is 12.9. The van der Waals surface area contributed by atoms with Crippen LogP contribution in [-0.4, -0.2) is 28.9 Å². The molecule has 1 N–H and O–H groups in total. The lowest BCUT2D eigenvalue weighted by atomic mass is 10.0. The summed E-state index contributed by atoms with van der Waals surface area (Å²) in [5.74, 6) is -0.145. The molecule has 1 aliphatic heterocycles. The Morgan fingerprint density at radius 2 is 1.79 bits per heavy atom. The monoisotopic (exact) mass is 455 g/mol. The van der Waals surface area contributed by atoms with Gasteiger partial charge in [-0.2, -0.15) is 0 Å². The van der Waals surface area contributed by atoms with Crippen molar-refractivity contribution >= 4 is 34.1 Å². The van der Waals surface area contributed by atoms with E-state index in [1.165, 1.54) is 31.5 Å². The summed E-state index contributed by atoms with van der Waals surface area (Å²) in [6.07, 6.45) is 4.53. The lowest BCUT2D eigenvalue weighted by Crippen LogP contribution is -2.18. The fourth-order valence-corrected chi connectivity index (χ4v) is 4.75. The predicted molar refractivity (Wildman–Crippen MR) is 136 cm³/mol. The van der Waals surface area contributed by atoms with Crippen molar-refractivity contribution in [2.75, 3.05) is 18.4 Å². The van der Waals surface area contributed by atoms with Gasteiger partial charge in [0.05, 0.1) is 5.52 Å². The number of carbonyl (C=O) groups is 1. The number of carbonyl (C=O) groups excluding carboxylic acids is 1. The van der Waals surface area contributed by atoms with Crippen LogP contribution in [0.4, 0.5) is 5.69 Å². The van der Waals surface area contributed by atoms with Gasteiger partial charge in [0, 0.05) is 40.0 Å². The fourth-order valence-electron chi connectivity index (χ4n) is 4.51. The van der Waals surface area contributed by atoms with E-state index in [-0.39, 0.29) is 5.91 Å². The van der Waals surface area contributed by atoms with Crippen molar-refractivity contribution in [2.24, 2.45) is 0 Å². The topological polar surface area (TPSA) is 45.2 Å². The first-order valence-corrected chi connectivity index (χ1v) is 11.7. The summed E-state index contributed by atoms with van der Waals surface area (Å²) in [6.45, 7) is 5.29. The van der Waals surface area contributed by atoms with Crippen LogP contribution in [0.1, 0.15) is 34.3 Å². The zero-order valence-electron chi connectivity index (χ0n) is 18.6. The molecular formula is C28H26ClN3O. The first-order valence-electron chi connectivity index (χ1n) is 11.4. The number of aryl methyl sites for hydroxylation is 1. The van der Waals surface area contributed by atoms with E-state index in [0.29, 0.717) is 10.6 Å². The van der Waals surface area contributed by atoms with E-state index in [9.17, 15) is 4.79 Å². The lowest BCUT2D eigenvalue weighted by molar-refractivity contribution is 0.102. The molecule has 3 aromatic carbocycles. The molecular weight excluding hydrogens is 430 g/mol. The molecule has 4 aromatic rings. The Hall–Kier alpha value is -3.21. The van der Waals surface area contributed by atoms with Crippen molar-refractivity contribution < 1.29 is 4.79 Å². The second-order valence-corrected chi connectivity index (χ2v) is 9.06. The zero-order chi connectivity index (χ0) is 22.8. The van der Waals surface area contributed by atoms with Gasteiger partial charge in [-0.15, -0.1) is 0 Å². The van der Waals surface area contributed by atoms with Crippen LogP contribution in [-0.2, 0) is 6.54 Å². The molecule has 1 amide bonds. The van der Waals surface area contributed by atoms with Crippen molar-refractivity contribution in [3.63, 3.8) is 0 Å². The number of benzene rings is 3. The highest BCUT2D eigenvalue weighted by atomic mass is 35.5. The average Bonchev–Trinajstić information content (AvgIpc) is 3.34. The van der Waals surface area contributed by atoms with Gasteiger partial charge in [-0.25, -0.2) is 0 Å². The van der Waals surface area contributed by atoms with Crippen LogP contribution in [0.5, 0.6) is 0 Å². The molecule has 0 saturated carbocycles. The third-order valence-electron chi connectivity index (χ3n) is 6.35. The molecule has 5 heteroatoms. The van der Waals surface area contributed by atoms with E-state index < -0.39 is 0 Å². The number of amides is 1. The molecule has 0 unspecified atom stereocenters. The molecule has 1 aromatic heterocycles. The normalized spacial score (nSPS) is 14.0. The summed E-state index contributed by atoms with van der Waals surface area (Å²) in [5.41, 5.74) is 6.44. The molecule has 33 heavy (non-hydrogen) atoms. The molecule has 5 rings (SSSR count). The quantitative estimate of drug-likeness (QED) is 0.363. The molecule has 0 aliphatic carbocycles. The molecule has 0 bridgehead atoms. The molecule has 4 nitrogen and oxygen atoms in total. The zero-order valence-corrected chi connectivity index (χ0v) is 19.4. The molecule has 0 spiro atoms. The van der Waals surface area contributed by atoms with Crippen LogP contribution < -0.4 is 5.32 Å². The summed E-state index contributed by atoms with van der Waals surface area (Å²) in [6, 6.07) is 21.4. The van der Waals surface area contributed by atoms with Gasteiger partial charge in [0.15, 0.2) is 0 Å². The van der Waals surface area contributed by atoms with Crippen molar-refractivity contribution in [1.29, 1.82) is 0 Å². The number of anilines is 1. The van der Waals surface area contributed by atoms with Crippen LogP contribution in [0.3, 0.4) is 0 Å². The Kier molecular flexibility index (Phi) is 6.12. The van der Waals surface area contributed by atoms with Gasteiger partial charge >= 0.3 is 0 Å². The first kappa shape index (κ1) is 21.6. The van der Waals surface area contributed by atoms with E-state index in [0.717, 1.165) is 39.8 Å². The van der Waals surface area contributed by atoms with E-state index >= 15 is 0 Å². The van der Waals surface area contributed by atoms with Crippen LogP contribution in [0.2, 0.25) is 5.02 Å². The molecule has 166 valence electrons. The highest BCUT2D eigenvalue weighted by Gasteiger charge is 2.14. The average molecular weight is 456 g/mol. The number of aromatic nitrogens is 1. The number of hydrogen-bond donors (Lipinski definition) is 1. The summed E-state index contributed by atoms with van der Waals surface area (Å²) < 4.78 is 0. The molecule has 1 fully saturated rings. The Morgan fingerprint density at radius 1 is 1.03 bits per heavy atom. The molecule has 0 radical (unpaired) electrons. The maximum Gasteiger partial charge on any atom is 0.255 e. The number of rotatable bonds is 5.